The molecule has 1 aliphatic rings. The maximum atomic E-state index is 13.2. The molecule has 0 unspecified atom stereocenters. The Balaban J connectivity index is 1.14. The Morgan fingerprint density at radius 3 is 2.28 bits per heavy atom. The Labute approximate surface area is 216 Å². The lowest BCUT2D eigenvalue weighted by molar-refractivity contribution is -0.121. The van der Waals surface area contributed by atoms with Gasteiger partial charge in [-0.05, 0) is 36.2 Å². The first-order valence-electron chi connectivity index (χ1n) is 12.6. The predicted molar refractivity (Wildman–Crippen MR) is 147 cm³/mol. The standard InChI is InChI=1S/C29H32N4O2S/c1-2-35-24-13-14-25-26(21-24)36-29(31-25)33-19-17-32(18-20-33)16-15-30-28(34)27(22-9-5-3-6-10-22)23-11-7-4-8-12-23/h3-14,21,27H,2,15-20H2,1H3,(H,30,34). The number of piperazine rings is 1. The van der Waals surface area contributed by atoms with Crippen molar-refractivity contribution >= 4 is 32.6 Å². The highest BCUT2D eigenvalue weighted by Gasteiger charge is 2.23. The molecule has 0 spiro atoms. The molecule has 1 aromatic heterocycles. The van der Waals surface area contributed by atoms with Crippen molar-refractivity contribution in [2.24, 2.45) is 0 Å². The lowest BCUT2D eigenvalue weighted by Gasteiger charge is -2.34. The summed E-state index contributed by atoms with van der Waals surface area (Å²) in [6, 6.07) is 26.1. The zero-order valence-corrected chi connectivity index (χ0v) is 21.4. The molecule has 7 heteroatoms. The van der Waals surface area contributed by atoms with Gasteiger partial charge in [-0.3, -0.25) is 9.69 Å². The van der Waals surface area contributed by atoms with Gasteiger partial charge in [-0.1, -0.05) is 72.0 Å². The molecule has 6 nitrogen and oxygen atoms in total. The number of ether oxygens (including phenoxy) is 1. The van der Waals surface area contributed by atoms with Crippen LogP contribution in [0.4, 0.5) is 5.13 Å². The molecule has 1 fully saturated rings. The van der Waals surface area contributed by atoms with Gasteiger partial charge in [0.25, 0.3) is 0 Å². The van der Waals surface area contributed by atoms with Crippen LogP contribution in [0.2, 0.25) is 0 Å². The molecule has 0 saturated carbocycles. The van der Waals surface area contributed by atoms with Crippen molar-refractivity contribution in [3.05, 3.63) is 90.0 Å². The van der Waals surface area contributed by atoms with Gasteiger partial charge in [0.1, 0.15) is 5.75 Å². The van der Waals surface area contributed by atoms with E-state index in [1.54, 1.807) is 11.3 Å². The number of hydrogen-bond acceptors (Lipinski definition) is 6. The minimum Gasteiger partial charge on any atom is -0.494 e. The van der Waals surface area contributed by atoms with Gasteiger partial charge in [0.05, 0.1) is 22.7 Å². The van der Waals surface area contributed by atoms with E-state index in [4.69, 9.17) is 9.72 Å². The molecule has 0 aliphatic carbocycles. The van der Waals surface area contributed by atoms with E-state index in [1.807, 2.05) is 79.7 Å². The Hall–Kier alpha value is -3.42. The average Bonchev–Trinajstić information content (AvgIpc) is 3.34. The van der Waals surface area contributed by atoms with Gasteiger partial charge >= 0.3 is 0 Å². The molecule has 0 atom stereocenters. The van der Waals surface area contributed by atoms with Crippen LogP contribution in [0.15, 0.2) is 78.9 Å². The smallest absolute Gasteiger partial charge is 0.232 e. The molecule has 3 aromatic carbocycles. The van der Waals surface area contributed by atoms with E-state index in [-0.39, 0.29) is 11.8 Å². The van der Waals surface area contributed by atoms with E-state index in [0.29, 0.717) is 13.2 Å². The lowest BCUT2D eigenvalue weighted by Crippen LogP contribution is -2.48. The van der Waals surface area contributed by atoms with Gasteiger partial charge in [0.2, 0.25) is 5.91 Å². The Morgan fingerprint density at radius 1 is 0.972 bits per heavy atom. The van der Waals surface area contributed by atoms with E-state index < -0.39 is 0 Å². The van der Waals surface area contributed by atoms with E-state index >= 15 is 0 Å². The third kappa shape index (κ3) is 5.69. The van der Waals surface area contributed by atoms with Crippen LogP contribution in [0.25, 0.3) is 10.2 Å². The monoisotopic (exact) mass is 500 g/mol. The van der Waals surface area contributed by atoms with Crippen LogP contribution in [0.3, 0.4) is 0 Å². The fraction of sp³-hybridized carbons (Fsp3) is 0.310. The highest BCUT2D eigenvalue weighted by atomic mass is 32.1. The highest BCUT2D eigenvalue weighted by molar-refractivity contribution is 7.22. The summed E-state index contributed by atoms with van der Waals surface area (Å²) < 4.78 is 6.79. The van der Waals surface area contributed by atoms with Crippen LogP contribution >= 0.6 is 11.3 Å². The number of nitrogens with one attached hydrogen (secondary N) is 1. The third-order valence-electron chi connectivity index (χ3n) is 6.56. The number of anilines is 1. The maximum Gasteiger partial charge on any atom is 0.232 e. The number of carbonyl (C=O) groups is 1. The summed E-state index contributed by atoms with van der Waals surface area (Å²) >= 11 is 1.73. The maximum absolute atomic E-state index is 13.2. The van der Waals surface area contributed by atoms with Gasteiger partial charge < -0.3 is 15.0 Å². The van der Waals surface area contributed by atoms with Gasteiger partial charge in [0, 0.05) is 39.3 Å². The van der Waals surface area contributed by atoms with Crippen LogP contribution in [0.1, 0.15) is 24.0 Å². The molecule has 186 valence electrons. The predicted octanol–water partition coefficient (Wildman–Crippen LogP) is 4.77. The summed E-state index contributed by atoms with van der Waals surface area (Å²) in [6.45, 7) is 7.92. The summed E-state index contributed by atoms with van der Waals surface area (Å²) in [5.74, 6) is 0.646. The SMILES string of the molecule is CCOc1ccc2nc(N3CCN(CCNC(=O)C(c4ccccc4)c4ccccc4)CC3)sc2c1. The molecule has 1 amide bonds. The summed E-state index contributed by atoms with van der Waals surface area (Å²) in [5, 5.41) is 4.26. The zero-order chi connectivity index (χ0) is 24.7. The summed E-state index contributed by atoms with van der Waals surface area (Å²) in [7, 11) is 0. The number of thiazole rings is 1. The number of carbonyl (C=O) groups excluding carboxylic acids is 1. The van der Waals surface area contributed by atoms with E-state index in [2.05, 4.69) is 21.2 Å². The van der Waals surface area contributed by atoms with Crippen molar-refractivity contribution in [3.63, 3.8) is 0 Å². The Morgan fingerprint density at radius 2 is 1.64 bits per heavy atom. The van der Waals surface area contributed by atoms with Crippen LogP contribution in [-0.2, 0) is 4.79 Å². The summed E-state index contributed by atoms with van der Waals surface area (Å²) in [5.41, 5.74) is 3.05. The molecule has 4 aromatic rings. The first kappa shape index (κ1) is 24.3. The number of amides is 1. The second-order valence-electron chi connectivity index (χ2n) is 8.93. The highest BCUT2D eigenvalue weighted by Crippen LogP contribution is 2.32. The number of rotatable bonds is 9. The zero-order valence-electron chi connectivity index (χ0n) is 20.6. The Bertz CT molecular complexity index is 1230. The van der Waals surface area contributed by atoms with Crippen molar-refractivity contribution in [3.8, 4) is 5.75 Å². The summed E-state index contributed by atoms with van der Waals surface area (Å²) in [4.78, 5) is 22.8. The average molecular weight is 501 g/mol. The van der Waals surface area contributed by atoms with Crippen LogP contribution in [-0.4, -0.2) is 61.7 Å². The van der Waals surface area contributed by atoms with E-state index in [0.717, 1.165) is 64.9 Å². The fourth-order valence-electron chi connectivity index (χ4n) is 4.67. The topological polar surface area (TPSA) is 57.7 Å². The van der Waals surface area contributed by atoms with Gasteiger partial charge in [0.15, 0.2) is 5.13 Å². The van der Waals surface area contributed by atoms with Crippen LogP contribution in [0, 0.1) is 0 Å². The van der Waals surface area contributed by atoms with E-state index in [1.165, 1.54) is 0 Å². The quantitative estimate of drug-likeness (QED) is 0.359. The molecule has 0 radical (unpaired) electrons. The molecule has 1 saturated heterocycles. The van der Waals surface area contributed by atoms with Gasteiger partial charge in [-0.15, -0.1) is 0 Å². The van der Waals surface area contributed by atoms with Crippen molar-refractivity contribution in [2.75, 3.05) is 50.8 Å². The number of aromatic nitrogens is 1. The minimum atomic E-state index is -0.300. The van der Waals surface area contributed by atoms with Crippen molar-refractivity contribution in [1.29, 1.82) is 0 Å². The largest absolute Gasteiger partial charge is 0.494 e. The summed E-state index contributed by atoms with van der Waals surface area (Å²) in [6.07, 6.45) is 0. The molecule has 36 heavy (non-hydrogen) atoms. The lowest BCUT2D eigenvalue weighted by atomic mass is 9.90. The second-order valence-corrected chi connectivity index (χ2v) is 9.94. The fourth-order valence-corrected chi connectivity index (χ4v) is 5.72. The van der Waals surface area contributed by atoms with Crippen molar-refractivity contribution in [1.82, 2.24) is 15.2 Å². The van der Waals surface area contributed by atoms with Crippen LogP contribution < -0.4 is 15.0 Å². The van der Waals surface area contributed by atoms with Crippen molar-refractivity contribution < 1.29 is 9.53 Å². The first-order valence-corrected chi connectivity index (χ1v) is 13.4. The van der Waals surface area contributed by atoms with Crippen molar-refractivity contribution in [2.45, 2.75) is 12.8 Å². The number of fused-ring (bicyclic) bond motifs is 1. The van der Waals surface area contributed by atoms with Crippen LogP contribution in [0.5, 0.6) is 5.75 Å². The van der Waals surface area contributed by atoms with Gasteiger partial charge in [-0.25, -0.2) is 4.98 Å². The number of nitrogens with zero attached hydrogens (tertiary/aromatic N) is 3. The molecule has 2 heterocycles. The normalized spacial score (nSPS) is 14.3. The van der Waals surface area contributed by atoms with Gasteiger partial charge in [-0.2, -0.15) is 0 Å². The Kier molecular flexibility index (Phi) is 7.79. The number of hydrogen-bond donors (Lipinski definition) is 1. The number of benzene rings is 3. The molecular formula is C29H32N4O2S. The molecule has 5 rings (SSSR count). The second kappa shape index (κ2) is 11.5. The molecule has 1 N–H and O–H groups in total. The van der Waals surface area contributed by atoms with E-state index in [9.17, 15) is 4.79 Å². The molecule has 1 aliphatic heterocycles. The first-order chi connectivity index (χ1) is 17.7. The third-order valence-corrected chi connectivity index (χ3v) is 7.64. The molecule has 0 bridgehead atoms. The minimum absolute atomic E-state index is 0.0481. The molecular weight excluding hydrogens is 468 g/mol.